The van der Waals surface area contributed by atoms with Crippen molar-refractivity contribution >= 4 is 23.1 Å². The molecular formula is C18H24N6O. The van der Waals surface area contributed by atoms with E-state index in [9.17, 15) is 4.79 Å². The van der Waals surface area contributed by atoms with Gasteiger partial charge in [-0.05, 0) is 56.9 Å². The van der Waals surface area contributed by atoms with Crippen LogP contribution in [0.5, 0.6) is 0 Å². The van der Waals surface area contributed by atoms with E-state index >= 15 is 0 Å². The molecule has 0 bridgehead atoms. The summed E-state index contributed by atoms with van der Waals surface area (Å²) in [5.41, 5.74) is 15.1. The van der Waals surface area contributed by atoms with Crippen LogP contribution in [0.25, 0.3) is 0 Å². The quantitative estimate of drug-likeness (QED) is 0.663. The van der Waals surface area contributed by atoms with Gasteiger partial charge in [-0.2, -0.15) is 0 Å². The Hall–Kier alpha value is -2.67. The van der Waals surface area contributed by atoms with E-state index in [1.54, 1.807) is 6.20 Å². The number of hydrogen-bond acceptors (Lipinski definition) is 6. The Morgan fingerprint density at radius 1 is 1.24 bits per heavy atom. The molecule has 1 aliphatic rings. The predicted molar refractivity (Wildman–Crippen MR) is 99.0 cm³/mol. The van der Waals surface area contributed by atoms with Crippen molar-refractivity contribution in [1.82, 2.24) is 9.97 Å². The summed E-state index contributed by atoms with van der Waals surface area (Å²) in [7, 11) is 0. The van der Waals surface area contributed by atoms with Gasteiger partial charge < -0.3 is 22.1 Å². The Bertz CT molecular complexity index is 771. The van der Waals surface area contributed by atoms with Crippen molar-refractivity contribution in [3.63, 3.8) is 0 Å². The van der Waals surface area contributed by atoms with Crippen LogP contribution in [0.3, 0.4) is 0 Å². The van der Waals surface area contributed by atoms with E-state index in [0.717, 1.165) is 36.2 Å². The van der Waals surface area contributed by atoms with Crippen molar-refractivity contribution in [1.29, 1.82) is 0 Å². The summed E-state index contributed by atoms with van der Waals surface area (Å²) in [6, 6.07) is 6.07. The molecule has 7 heteroatoms. The second kappa shape index (κ2) is 7.06. The van der Waals surface area contributed by atoms with Gasteiger partial charge in [-0.25, -0.2) is 9.97 Å². The predicted octanol–water partition coefficient (Wildman–Crippen LogP) is 2.23. The van der Waals surface area contributed by atoms with Crippen LogP contribution in [0.2, 0.25) is 0 Å². The molecule has 2 aromatic rings. The minimum absolute atomic E-state index is 0.133. The van der Waals surface area contributed by atoms with Gasteiger partial charge in [0.05, 0.1) is 17.6 Å². The van der Waals surface area contributed by atoms with Crippen LogP contribution in [0, 0.1) is 13.8 Å². The fraction of sp³-hybridized carbons (Fsp3) is 0.389. The van der Waals surface area contributed by atoms with Crippen LogP contribution in [0.4, 0.5) is 17.2 Å². The smallest absolute Gasteiger partial charge is 0.269 e. The Labute approximate surface area is 147 Å². The van der Waals surface area contributed by atoms with Crippen molar-refractivity contribution in [3.8, 4) is 0 Å². The van der Waals surface area contributed by atoms with E-state index in [1.807, 2.05) is 32.0 Å². The topological polar surface area (TPSA) is 119 Å². The van der Waals surface area contributed by atoms with Gasteiger partial charge in [0.1, 0.15) is 5.82 Å². The van der Waals surface area contributed by atoms with Gasteiger partial charge in [-0.3, -0.25) is 4.79 Å². The first-order chi connectivity index (χ1) is 11.9. The van der Waals surface area contributed by atoms with Crippen LogP contribution in [0.1, 0.15) is 41.0 Å². The lowest BCUT2D eigenvalue weighted by molar-refractivity contribution is 0.0996. The van der Waals surface area contributed by atoms with Gasteiger partial charge in [0, 0.05) is 17.8 Å². The molecule has 132 valence electrons. The standard InChI is InChI=1S/C18H24N6O/c1-10-6-11(2)22-16(7-10)24-15-8-12(9-21-17(15)18(20)25)23-14-5-3-4-13(14)19/h6-9,13-14,23H,3-5,19H2,1-2H3,(H2,20,25)(H,22,24)/t13-,14+/m0/s1. The number of aryl methyl sites for hydroxylation is 2. The Morgan fingerprint density at radius 3 is 2.68 bits per heavy atom. The van der Waals surface area contributed by atoms with Crippen LogP contribution < -0.4 is 22.1 Å². The van der Waals surface area contributed by atoms with E-state index in [1.165, 1.54) is 0 Å². The molecule has 1 fully saturated rings. The summed E-state index contributed by atoms with van der Waals surface area (Å²) < 4.78 is 0. The molecule has 0 aliphatic heterocycles. The zero-order chi connectivity index (χ0) is 18.0. The summed E-state index contributed by atoms with van der Waals surface area (Å²) >= 11 is 0. The highest BCUT2D eigenvalue weighted by molar-refractivity contribution is 5.97. The zero-order valence-electron chi connectivity index (χ0n) is 14.5. The van der Waals surface area contributed by atoms with Crippen molar-refractivity contribution in [2.45, 2.75) is 45.2 Å². The van der Waals surface area contributed by atoms with Crippen molar-refractivity contribution in [2.24, 2.45) is 11.5 Å². The fourth-order valence-corrected chi connectivity index (χ4v) is 3.26. The molecular weight excluding hydrogens is 316 g/mol. The minimum atomic E-state index is -0.587. The molecule has 0 aromatic carbocycles. The van der Waals surface area contributed by atoms with Gasteiger partial charge in [0.2, 0.25) is 0 Å². The number of carbonyl (C=O) groups is 1. The van der Waals surface area contributed by atoms with E-state index in [2.05, 4.69) is 20.6 Å². The van der Waals surface area contributed by atoms with E-state index < -0.39 is 5.91 Å². The molecule has 0 saturated heterocycles. The van der Waals surface area contributed by atoms with Crippen LogP contribution in [-0.4, -0.2) is 28.0 Å². The number of anilines is 3. The molecule has 2 aromatic heterocycles. The van der Waals surface area contributed by atoms with E-state index in [4.69, 9.17) is 11.5 Å². The zero-order valence-corrected chi connectivity index (χ0v) is 14.5. The van der Waals surface area contributed by atoms with Gasteiger partial charge in [0.25, 0.3) is 5.91 Å². The third kappa shape index (κ3) is 4.06. The second-order valence-electron chi connectivity index (χ2n) is 6.63. The molecule has 3 rings (SSSR count). The number of primary amides is 1. The number of amides is 1. The van der Waals surface area contributed by atoms with Gasteiger partial charge >= 0.3 is 0 Å². The number of rotatable bonds is 5. The monoisotopic (exact) mass is 340 g/mol. The van der Waals surface area contributed by atoms with Crippen molar-refractivity contribution < 1.29 is 4.79 Å². The highest BCUT2D eigenvalue weighted by Gasteiger charge is 2.24. The SMILES string of the molecule is Cc1cc(C)nc(Nc2cc(N[C@@H]3CCC[C@@H]3N)cnc2C(N)=O)c1. The van der Waals surface area contributed by atoms with Gasteiger partial charge in [-0.15, -0.1) is 0 Å². The van der Waals surface area contributed by atoms with Crippen LogP contribution in [-0.2, 0) is 0 Å². The Kier molecular flexibility index (Phi) is 4.85. The number of aromatic nitrogens is 2. The van der Waals surface area contributed by atoms with E-state index in [-0.39, 0.29) is 17.8 Å². The van der Waals surface area contributed by atoms with Crippen molar-refractivity contribution in [3.05, 3.63) is 41.3 Å². The molecule has 1 amide bonds. The maximum absolute atomic E-state index is 11.7. The lowest BCUT2D eigenvalue weighted by Gasteiger charge is -2.19. The summed E-state index contributed by atoms with van der Waals surface area (Å²) in [5.74, 6) is 0.0625. The highest BCUT2D eigenvalue weighted by Crippen LogP contribution is 2.26. The third-order valence-electron chi connectivity index (χ3n) is 4.40. The van der Waals surface area contributed by atoms with Crippen LogP contribution >= 0.6 is 0 Å². The number of nitrogens with zero attached hydrogens (tertiary/aromatic N) is 2. The first-order valence-corrected chi connectivity index (χ1v) is 8.46. The summed E-state index contributed by atoms with van der Waals surface area (Å²) in [4.78, 5) is 20.4. The average Bonchev–Trinajstić information content (AvgIpc) is 2.91. The number of nitrogens with two attached hydrogens (primary N) is 2. The fourth-order valence-electron chi connectivity index (χ4n) is 3.26. The second-order valence-corrected chi connectivity index (χ2v) is 6.63. The number of pyridine rings is 2. The lowest BCUT2D eigenvalue weighted by atomic mass is 10.1. The maximum Gasteiger partial charge on any atom is 0.269 e. The van der Waals surface area contributed by atoms with Crippen molar-refractivity contribution in [2.75, 3.05) is 10.6 Å². The highest BCUT2D eigenvalue weighted by atomic mass is 16.1. The Balaban J connectivity index is 1.89. The van der Waals surface area contributed by atoms with E-state index in [0.29, 0.717) is 11.5 Å². The Morgan fingerprint density at radius 2 is 2.04 bits per heavy atom. The normalized spacial score (nSPS) is 19.6. The molecule has 1 saturated carbocycles. The molecule has 0 radical (unpaired) electrons. The molecule has 25 heavy (non-hydrogen) atoms. The number of nitrogens with one attached hydrogen (secondary N) is 2. The maximum atomic E-state index is 11.7. The lowest BCUT2D eigenvalue weighted by Crippen LogP contribution is -2.35. The number of carbonyl (C=O) groups excluding carboxylic acids is 1. The molecule has 7 nitrogen and oxygen atoms in total. The summed E-state index contributed by atoms with van der Waals surface area (Å²) in [5, 5.41) is 6.57. The molecule has 0 unspecified atom stereocenters. The minimum Gasteiger partial charge on any atom is -0.379 e. The first kappa shape index (κ1) is 17.2. The summed E-state index contributed by atoms with van der Waals surface area (Å²) in [6.45, 7) is 3.91. The molecule has 6 N–H and O–H groups in total. The molecule has 2 heterocycles. The van der Waals surface area contributed by atoms with Gasteiger partial charge in [-0.1, -0.05) is 0 Å². The molecule has 1 aliphatic carbocycles. The van der Waals surface area contributed by atoms with Crippen LogP contribution in [0.15, 0.2) is 24.4 Å². The third-order valence-corrected chi connectivity index (χ3v) is 4.40. The average molecular weight is 340 g/mol. The van der Waals surface area contributed by atoms with Gasteiger partial charge in [0.15, 0.2) is 5.69 Å². The largest absolute Gasteiger partial charge is 0.379 e. The first-order valence-electron chi connectivity index (χ1n) is 8.46. The summed E-state index contributed by atoms with van der Waals surface area (Å²) in [6.07, 6.45) is 4.77. The molecule has 2 atom stereocenters. The molecule has 0 spiro atoms. The number of hydrogen-bond donors (Lipinski definition) is 4.